The Balaban J connectivity index is 1.84. The third-order valence-electron chi connectivity index (χ3n) is 4.77. The number of carbonyl (C=O) groups excluding carboxylic acids is 2. The Labute approximate surface area is 160 Å². The zero-order chi connectivity index (χ0) is 20.3. The molecule has 7 nitrogen and oxygen atoms in total. The SMILES string of the molecule is CCOC(=O)c1ccc([N+](=O)[O-])c(NC(=O)C2(Cc3ccccc3F)CC2)c1. The van der Waals surface area contributed by atoms with E-state index in [1.54, 1.807) is 25.1 Å². The summed E-state index contributed by atoms with van der Waals surface area (Å²) in [5, 5.41) is 13.9. The van der Waals surface area contributed by atoms with Crippen LogP contribution in [-0.4, -0.2) is 23.4 Å². The van der Waals surface area contributed by atoms with Gasteiger partial charge in [-0.2, -0.15) is 0 Å². The van der Waals surface area contributed by atoms with Crippen molar-refractivity contribution in [2.45, 2.75) is 26.2 Å². The summed E-state index contributed by atoms with van der Waals surface area (Å²) in [6.07, 6.45) is 1.31. The van der Waals surface area contributed by atoms with Gasteiger partial charge in [-0.3, -0.25) is 14.9 Å². The van der Waals surface area contributed by atoms with Crippen LogP contribution in [-0.2, 0) is 16.0 Å². The standard InChI is InChI=1S/C20H19FN2O5/c1-2-28-18(24)13-7-8-17(23(26)27)16(11-13)22-19(25)20(9-10-20)12-14-5-3-4-6-15(14)21/h3-8,11H,2,9-10,12H2,1H3,(H,22,25). The van der Waals surface area contributed by atoms with Crippen LogP contribution in [0.1, 0.15) is 35.7 Å². The second-order valence-electron chi connectivity index (χ2n) is 6.71. The first-order valence-electron chi connectivity index (χ1n) is 8.87. The molecule has 0 bridgehead atoms. The topological polar surface area (TPSA) is 98.5 Å². The molecule has 1 fully saturated rings. The molecule has 0 saturated heterocycles. The highest BCUT2D eigenvalue weighted by Gasteiger charge is 2.50. The Morgan fingerprint density at radius 3 is 2.57 bits per heavy atom. The number of ether oxygens (including phenoxy) is 1. The summed E-state index contributed by atoms with van der Waals surface area (Å²) in [6, 6.07) is 9.87. The fourth-order valence-electron chi connectivity index (χ4n) is 3.03. The van der Waals surface area contributed by atoms with E-state index >= 15 is 0 Å². The van der Waals surface area contributed by atoms with Crippen LogP contribution in [0.25, 0.3) is 0 Å². The van der Waals surface area contributed by atoms with E-state index in [0.717, 1.165) is 6.07 Å². The summed E-state index contributed by atoms with van der Waals surface area (Å²) >= 11 is 0. The lowest BCUT2D eigenvalue weighted by molar-refractivity contribution is -0.383. The van der Waals surface area contributed by atoms with Gasteiger partial charge in [-0.15, -0.1) is 0 Å². The van der Waals surface area contributed by atoms with Crippen LogP contribution in [0.15, 0.2) is 42.5 Å². The van der Waals surface area contributed by atoms with Crippen LogP contribution in [0.3, 0.4) is 0 Å². The Bertz CT molecular complexity index is 940. The van der Waals surface area contributed by atoms with Gasteiger partial charge >= 0.3 is 5.97 Å². The van der Waals surface area contributed by atoms with Crippen LogP contribution in [0.2, 0.25) is 0 Å². The number of benzene rings is 2. The molecule has 0 spiro atoms. The zero-order valence-electron chi connectivity index (χ0n) is 15.2. The normalized spacial score (nSPS) is 14.2. The molecule has 28 heavy (non-hydrogen) atoms. The maximum Gasteiger partial charge on any atom is 0.338 e. The molecule has 1 aliphatic carbocycles. The number of nitro groups is 1. The van der Waals surface area contributed by atoms with Gasteiger partial charge in [0.1, 0.15) is 11.5 Å². The summed E-state index contributed by atoms with van der Waals surface area (Å²) in [7, 11) is 0. The third kappa shape index (κ3) is 4.00. The molecule has 0 atom stereocenters. The first-order chi connectivity index (χ1) is 13.4. The number of anilines is 1. The fourth-order valence-corrected chi connectivity index (χ4v) is 3.03. The van der Waals surface area contributed by atoms with Crippen molar-refractivity contribution in [2.24, 2.45) is 5.41 Å². The van der Waals surface area contributed by atoms with E-state index in [9.17, 15) is 24.1 Å². The minimum atomic E-state index is -0.810. The Morgan fingerprint density at radius 2 is 1.96 bits per heavy atom. The number of amides is 1. The van der Waals surface area contributed by atoms with Gasteiger partial charge in [0.25, 0.3) is 5.69 Å². The molecule has 0 heterocycles. The average Bonchev–Trinajstić information content (AvgIpc) is 3.44. The van der Waals surface area contributed by atoms with Crippen molar-refractivity contribution in [3.63, 3.8) is 0 Å². The zero-order valence-corrected chi connectivity index (χ0v) is 15.2. The lowest BCUT2D eigenvalue weighted by Gasteiger charge is -2.16. The largest absolute Gasteiger partial charge is 0.462 e. The summed E-state index contributed by atoms with van der Waals surface area (Å²) in [6.45, 7) is 1.80. The molecule has 3 rings (SSSR count). The maximum absolute atomic E-state index is 13.9. The summed E-state index contributed by atoms with van der Waals surface area (Å²) < 4.78 is 18.8. The minimum Gasteiger partial charge on any atom is -0.462 e. The Morgan fingerprint density at radius 1 is 1.25 bits per heavy atom. The number of nitrogens with zero attached hydrogens (tertiary/aromatic N) is 1. The van der Waals surface area contributed by atoms with E-state index in [2.05, 4.69) is 5.32 Å². The van der Waals surface area contributed by atoms with Crippen molar-refractivity contribution >= 4 is 23.3 Å². The first-order valence-corrected chi connectivity index (χ1v) is 8.87. The van der Waals surface area contributed by atoms with Crippen molar-refractivity contribution in [1.82, 2.24) is 0 Å². The Hall–Kier alpha value is -3.29. The van der Waals surface area contributed by atoms with Gasteiger partial charge in [-0.05, 0) is 49.9 Å². The van der Waals surface area contributed by atoms with Gasteiger partial charge < -0.3 is 10.1 Å². The molecule has 0 aliphatic heterocycles. The highest BCUT2D eigenvalue weighted by molar-refractivity contribution is 6.00. The quantitative estimate of drug-likeness (QED) is 0.442. The number of hydrogen-bond donors (Lipinski definition) is 1. The number of halogens is 1. The number of esters is 1. The predicted octanol–water partition coefficient (Wildman–Crippen LogP) is 3.87. The molecule has 1 saturated carbocycles. The van der Waals surface area contributed by atoms with Gasteiger partial charge in [0.2, 0.25) is 5.91 Å². The second kappa shape index (κ2) is 7.75. The maximum atomic E-state index is 13.9. The lowest BCUT2D eigenvalue weighted by Crippen LogP contribution is -2.27. The second-order valence-corrected chi connectivity index (χ2v) is 6.71. The number of nitrogens with one attached hydrogen (secondary N) is 1. The highest BCUT2D eigenvalue weighted by Crippen LogP contribution is 2.49. The van der Waals surface area contributed by atoms with Crippen LogP contribution in [0, 0.1) is 21.3 Å². The van der Waals surface area contributed by atoms with Crippen molar-refractivity contribution in [1.29, 1.82) is 0 Å². The molecule has 1 amide bonds. The molecule has 0 unspecified atom stereocenters. The fraction of sp³-hybridized carbons (Fsp3) is 0.300. The molecule has 0 radical (unpaired) electrons. The van der Waals surface area contributed by atoms with E-state index in [1.165, 1.54) is 18.2 Å². The van der Waals surface area contributed by atoms with Crippen molar-refractivity contribution < 1.29 is 23.6 Å². The molecule has 0 aromatic heterocycles. The van der Waals surface area contributed by atoms with E-state index in [1.807, 2.05) is 0 Å². The van der Waals surface area contributed by atoms with Crippen LogP contribution in [0.5, 0.6) is 0 Å². The Kier molecular flexibility index (Phi) is 5.39. The number of rotatable bonds is 7. The number of nitro benzene ring substituents is 1. The molecule has 2 aromatic carbocycles. The molecular weight excluding hydrogens is 367 g/mol. The summed E-state index contributed by atoms with van der Waals surface area (Å²) in [4.78, 5) is 35.4. The molecule has 1 N–H and O–H groups in total. The third-order valence-corrected chi connectivity index (χ3v) is 4.77. The first kappa shape index (κ1) is 19.5. The van der Waals surface area contributed by atoms with Gasteiger partial charge in [-0.25, -0.2) is 9.18 Å². The summed E-state index contributed by atoms with van der Waals surface area (Å²) in [5.41, 5.74) is -0.703. The highest BCUT2D eigenvalue weighted by atomic mass is 19.1. The predicted molar refractivity (Wildman–Crippen MR) is 99.5 cm³/mol. The number of carbonyl (C=O) groups is 2. The molecule has 1 aliphatic rings. The van der Waals surface area contributed by atoms with Crippen molar-refractivity contribution in [3.05, 3.63) is 69.5 Å². The van der Waals surface area contributed by atoms with Crippen LogP contribution in [0.4, 0.5) is 15.8 Å². The van der Waals surface area contributed by atoms with Gasteiger partial charge in [0, 0.05) is 6.07 Å². The molecule has 146 valence electrons. The van der Waals surface area contributed by atoms with Gasteiger partial charge in [0.15, 0.2) is 0 Å². The van der Waals surface area contributed by atoms with E-state index in [-0.39, 0.29) is 30.0 Å². The minimum absolute atomic E-state index is 0.0830. The van der Waals surface area contributed by atoms with Crippen LogP contribution >= 0.6 is 0 Å². The average molecular weight is 386 g/mol. The lowest BCUT2D eigenvalue weighted by atomic mass is 9.95. The van der Waals surface area contributed by atoms with Crippen LogP contribution < -0.4 is 5.32 Å². The van der Waals surface area contributed by atoms with E-state index in [4.69, 9.17) is 4.74 Å². The van der Waals surface area contributed by atoms with Crippen molar-refractivity contribution in [2.75, 3.05) is 11.9 Å². The molecular formula is C20H19FN2O5. The molecule has 2 aromatic rings. The monoisotopic (exact) mass is 386 g/mol. The molecule has 8 heteroatoms. The van der Waals surface area contributed by atoms with E-state index < -0.39 is 28.0 Å². The van der Waals surface area contributed by atoms with Crippen molar-refractivity contribution in [3.8, 4) is 0 Å². The summed E-state index contributed by atoms with van der Waals surface area (Å²) in [5.74, 6) is -1.46. The smallest absolute Gasteiger partial charge is 0.338 e. The van der Waals surface area contributed by atoms with Gasteiger partial charge in [-0.1, -0.05) is 18.2 Å². The number of hydrogen-bond acceptors (Lipinski definition) is 5. The van der Waals surface area contributed by atoms with Gasteiger partial charge in [0.05, 0.1) is 22.5 Å². The van der Waals surface area contributed by atoms with E-state index in [0.29, 0.717) is 18.4 Å².